The summed E-state index contributed by atoms with van der Waals surface area (Å²) in [6.45, 7) is 4.98. The van der Waals surface area contributed by atoms with Gasteiger partial charge in [-0.2, -0.15) is 0 Å². The lowest BCUT2D eigenvalue weighted by molar-refractivity contribution is -0.375. The van der Waals surface area contributed by atoms with E-state index in [0.29, 0.717) is 30.1 Å². The van der Waals surface area contributed by atoms with Gasteiger partial charge in [-0.1, -0.05) is 37.6 Å². The van der Waals surface area contributed by atoms with Crippen LogP contribution in [0.15, 0.2) is 30.3 Å². The zero-order valence-electron chi connectivity index (χ0n) is 16.4. The molecule has 0 spiro atoms. The average Bonchev–Trinajstić information content (AvgIpc) is 2.66. The molecule has 1 aromatic heterocycles. The van der Waals surface area contributed by atoms with Gasteiger partial charge >= 0.3 is 0 Å². The quantitative estimate of drug-likeness (QED) is 0.779. The Morgan fingerprint density at radius 2 is 2.11 bits per heavy atom. The first kappa shape index (κ1) is 19.8. The van der Waals surface area contributed by atoms with Gasteiger partial charge in [0.15, 0.2) is 6.17 Å². The van der Waals surface area contributed by atoms with Crippen molar-refractivity contribution in [3.05, 3.63) is 58.3 Å². The number of carboxylic acid groups (broad SMARTS) is 1. The first-order valence-corrected chi connectivity index (χ1v) is 9.40. The molecule has 0 bridgehead atoms. The number of hydrogen-bond donors (Lipinski definition) is 1. The summed E-state index contributed by atoms with van der Waals surface area (Å²) in [7, 11) is 1.59. The number of H-pyrrole nitrogens is 1. The Morgan fingerprint density at radius 1 is 1.36 bits per heavy atom. The van der Waals surface area contributed by atoms with E-state index in [0.717, 1.165) is 24.1 Å². The van der Waals surface area contributed by atoms with Crippen LogP contribution in [-0.4, -0.2) is 25.5 Å². The lowest BCUT2D eigenvalue weighted by Crippen LogP contribution is -2.51. The van der Waals surface area contributed by atoms with Crippen molar-refractivity contribution < 1.29 is 24.4 Å². The topological polar surface area (TPSA) is 95.8 Å². The summed E-state index contributed by atoms with van der Waals surface area (Å²) < 4.78 is 5.28. The Labute approximate surface area is 164 Å². The predicted octanol–water partition coefficient (Wildman–Crippen LogP) is 1.37. The highest BCUT2D eigenvalue weighted by atomic mass is 16.5. The van der Waals surface area contributed by atoms with Crippen LogP contribution in [0.3, 0.4) is 0 Å². The minimum absolute atomic E-state index is 0.0718. The van der Waals surface area contributed by atoms with Crippen molar-refractivity contribution in [3.8, 4) is 0 Å². The van der Waals surface area contributed by atoms with E-state index in [4.69, 9.17) is 4.74 Å². The molecule has 7 nitrogen and oxygen atoms in total. The zero-order valence-corrected chi connectivity index (χ0v) is 16.4. The molecular formula is C21H25N3O4. The van der Waals surface area contributed by atoms with Gasteiger partial charge in [0.2, 0.25) is 0 Å². The second-order valence-electron chi connectivity index (χ2n) is 6.93. The fourth-order valence-corrected chi connectivity index (χ4v) is 3.65. The van der Waals surface area contributed by atoms with Gasteiger partial charge in [-0.3, -0.25) is 4.79 Å². The van der Waals surface area contributed by atoms with Gasteiger partial charge in [-0.15, -0.1) is 0 Å². The molecule has 1 atom stereocenters. The number of hydrogen-bond acceptors (Lipinski definition) is 5. The lowest BCUT2D eigenvalue weighted by Gasteiger charge is -2.34. The number of unbranched alkanes of at least 4 members (excludes halogenated alkanes) is 1. The van der Waals surface area contributed by atoms with E-state index in [9.17, 15) is 14.7 Å². The number of aromatic nitrogens is 1. The number of aryl methyl sites for hydroxylation is 1. The number of carbonyl (C=O) groups excluding carboxylic acids is 2. The SMILES string of the molecule is CCCCN1c2[nH+]c(C)cc(COC)c2C(=O)N[C@H]1c1ccccc1C(=O)[O-]. The Hall–Kier alpha value is -2.93. The zero-order chi connectivity index (χ0) is 20.3. The van der Waals surface area contributed by atoms with Crippen LogP contribution in [0.4, 0.5) is 5.82 Å². The van der Waals surface area contributed by atoms with Crippen LogP contribution in [-0.2, 0) is 11.3 Å². The van der Waals surface area contributed by atoms with Crippen molar-refractivity contribution in [2.24, 2.45) is 0 Å². The number of pyridine rings is 1. The Bertz CT molecular complexity index is 897. The predicted molar refractivity (Wildman–Crippen MR) is 102 cm³/mol. The minimum Gasteiger partial charge on any atom is -0.545 e. The maximum absolute atomic E-state index is 13.0. The second kappa shape index (κ2) is 8.39. The van der Waals surface area contributed by atoms with Gasteiger partial charge in [0.1, 0.15) is 5.56 Å². The summed E-state index contributed by atoms with van der Waals surface area (Å²) in [5.41, 5.74) is 2.79. The van der Waals surface area contributed by atoms with E-state index in [1.807, 2.05) is 17.9 Å². The number of carbonyl (C=O) groups is 2. The molecular weight excluding hydrogens is 358 g/mol. The van der Waals surface area contributed by atoms with Crippen LogP contribution < -0.4 is 20.3 Å². The lowest BCUT2D eigenvalue weighted by atomic mass is 9.98. The molecule has 28 heavy (non-hydrogen) atoms. The summed E-state index contributed by atoms with van der Waals surface area (Å²) in [5, 5.41) is 14.6. The fourth-order valence-electron chi connectivity index (χ4n) is 3.65. The number of aromatic amines is 1. The summed E-state index contributed by atoms with van der Waals surface area (Å²) >= 11 is 0. The Balaban J connectivity index is 2.17. The van der Waals surface area contributed by atoms with E-state index in [1.54, 1.807) is 25.3 Å². The van der Waals surface area contributed by atoms with Gasteiger partial charge in [0, 0.05) is 23.8 Å². The van der Waals surface area contributed by atoms with Crippen molar-refractivity contribution >= 4 is 17.7 Å². The average molecular weight is 383 g/mol. The normalized spacial score (nSPS) is 15.9. The number of anilines is 1. The number of nitrogens with one attached hydrogen (secondary N) is 2. The molecule has 1 amide bonds. The first-order chi connectivity index (χ1) is 13.5. The number of fused-ring (bicyclic) bond motifs is 1. The van der Waals surface area contributed by atoms with E-state index < -0.39 is 12.1 Å². The number of aromatic carboxylic acids is 1. The number of methoxy groups -OCH3 is 1. The number of amides is 1. The Kier molecular flexibility index (Phi) is 5.94. The molecule has 1 aliphatic heterocycles. The third-order valence-corrected chi connectivity index (χ3v) is 4.89. The van der Waals surface area contributed by atoms with Gasteiger partial charge in [0.05, 0.1) is 24.8 Å². The second-order valence-corrected chi connectivity index (χ2v) is 6.93. The summed E-state index contributed by atoms with van der Waals surface area (Å²) in [6, 6.07) is 8.52. The number of carboxylic acids is 1. The van der Waals surface area contributed by atoms with Gasteiger partial charge in [-0.25, -0.2) is 9.88 Å². The summed E-state index contributed by atoms with van der Waals surface area (Å²) in [6.07, 6.45) is 1.25. The molecule has 0 unspecified atom stereocenters. The van der Waals surface area contributed by atoms with Crippen molar-refractivity contribution in [2.45, 2.75) is 39.5 Å². The van der Waals surface area contributed by atoms with E-state index in [1.165, 1.54) is 6.07 Å². The molecule has 0 radical (unpaired) electrons. The number of benzene rings is 1. The smallest absolute Gasteiger partial charge is 0.289 e. The molecule has 2 N–H and O–H groups in total. The summed E-state index contributed by atoms with van der Waals surface area (Å²) in [5.74, 6) is -0.842. The molecule has 0 saturated heterocycles. The van der Waals surface area contributed by atoms with Crippen LogP contribution in [0.25, 0.3) is 0 Å². The third kappa shape index (κ3) is 3.71. The first-order valence-electron chi connectivity index (χ1n) is 9.40. The number of rotatable bonds is 7. The molecule has 0 aliphatic carbocycles. The minimum atomic E-state index is -1.26. The number of ether oxygens (including phenoxy) is 1. The molecule has 2 heterocycles. The monoisotopic (exact) mass is 383 g/mol. The molecule has 1 aromatic carbocycles. The van der Waals surface area contributed by atoms with Gasteiger partial charge in [0.25, 0.3) is 11.7 Å². The highest BCUT2D eigenvalue weighted by Gasteiger charge is 2.41. The van der Waals surface area contributed by atoms with Crippen LogP contribution in [0.1, 0.15) is 63.5 Å². The van der Waals surface area contributed by atoms with E-state index in [-0.39, 0.29) is 11.5 Å². The van der Waals surface area contributed by atoms with Crippen molar-refractivity contribution in [1.29, 1.82) is 0 Å². The van der Waals surface area contributed by atoms with E-state index >= 15 is 0 Å². The molecule has 3 rings (SSSR count). The van der Waals surface area contributed by atoms with Gasteiger partial charge in [-0.05, 0) is 19.4 Å². The molecule has 0 fully saturated rings. The summed E-state index contributed by atoms with van der Waals surface area (Å²) in [4.78, 5) is 30.0. The highest BCUT2D eigenvalue weighted by Crippen LogP contribution is 2.33. The maximum atomic E-state index is 13.0. The van der Waals surface area contributed by atoms with Crippen molar-refractivity contribution in [1.82, 2.24) is 5.32 Å². The van der Waals surface area contributed by atoms with Crippen molar-refractivity contribution in [2.75, 3.05) is 18.6 Å². The maximum Gasteiger partial charge on any atom is 0.289 e. The van der Waals surface area contributed by atoms with Crippen LogP contribution >= 0.6 is 0 Å². The van der Waals surface area contributed by atoms with Crippen LogP contribution in [0, 0.1) is 6.92 Å². The highest BCUT2D eigenvalue weighted by molar-refractivity contribution is 6.02. The van der Waals surface area contributed by atoms with Crippen LogP contribution in [0.2, 0.25) is 0 Å². The molecule has 1 aliphatic rings. The van der Waals surface area contributed by atoms with Crippen LogP contribution in [0.5, 0.6) is 0 Å². The fraction of sp³-hybridized carbons (Fsp3) is 0.381. The third-order valence-electron chi connectivity index (χ3n) is 4.89. The standard InChI is InChI=1S/C21H25N3O4/c1-4-5-10-24-18(15-8-6-7-9-16(15)21(26)27)23-20(25)17-14(12-28-3)11-13(2)22-19(17)24/h6-9,11,18H,4-5,10,12H2,1-3H3,(H,23,25)(H,26,27)/t18-/m1/s1. The van der Waals surface area contributed by atoms with Gasteiger partial charge < -0.3 is 20.0 Å². The Morgan fingerprint density at radius 3 is 2.79 bits per heavy atom. The molecule has 7 heteroatoms. The number of nitrogens with zero attached hydrogens (tertiary/aromatic N) is 1. The van der Waals surface area contributed by atoms with E-state index in [2.05, 4.69) is 17.2 Å². The largest absolute Gasteiger partial charge is 0.545 e. The molecule has 0 saturated carbocycles. The van der Waals surface area contributed by atoms with Crippen molar-refractivity contribution in [3.63, 3.8) is 0 Å². The molecule has 148 valence electrons. The molecule has 2 aromatic rings.